The molecule has 3 rings (SSSR count). The predicted octanol–water partition coefficient (Wildman–Crippen LogP) is 4.27. The van der Waals surface area contributed by atoms with Gasteiger partial charge in [0.25, 0.3) is 15.9 Å². The Morgan fingerprint density at radius 1 is 0.938 bits per heavy atom. The number of nitrogens with zero attached hydrogens (tertiary/aromatic N) is 1. The highest BCUT2D eigenvalue weighted by Gasteiger charge is 2.17. The van der Waals surface area contributed by atoms with E-state index >= 15 is 0 Å². The number of benzene rings is 3. The molecule has 8 heteroatoms. The molecule has 1 amide bonds. The van der Waals surface area contributed by atoms with E-state index in [1.807, 2.05) is 18.2 Å². The highest BCUT2D eigenvalue weighted by Crippen LogP contribution is 2.19. The van der Waals surface area contributed by atoms with Crippen LogP contribution >= 0.6 is 0 Å². The smallest absolute Gasteiger partial charge is 0.261 e. The number of para-hydroxylation sites is 2. The van der Waals surface area contributed by atoms with Crippen molar-refractivity contribution in [1.29, 1.82) is 0 Å². The summed E-state index contributed by atoms with van der Waals surface area (Å²) in [5, 5.41) is 2.86. The van der Waals surface area contributed by atoms with Crippen molar-refractivity contribution in [2.24, 2.45) is 0 Å². The summed E-state index contributed by atoms with van der Waals surface area (Å²) in [7, 11) is -3.97. The van der Waals surface area contributed by atoms with E-state index in [0.717, 1.165) is 25.2 Å². The molecule has 2 N–H and O–H groups in total. The van der Waals surface area contributed by atoms with Crippen LogP contribution in [0.4, 0.5) is 15.8 Å². The molecule has 0 aliphatic carbocycles. The molecule has 0 saturated carbocycles. The molecule has 0 aromatic heterocycles. The first-order chi connectivity index (χ1) is 15.4. The minimum atomic E-state index is -3.97. The molecule has 3 aromatic rings. The van der Waals surface area contributed by atoms with E-state index in [1.165, 1.54) is 48.5 Å². The van der Waals surface area contributed by atoms with Crippen LogP contribution in [-0.2, 0) is 10.0 Å². The summed E-state index contributed by atoms with van der Waals surface area (Å²) in [5.41, 5.74) is 1.36. The quantitative estimate of drug-likeness (QED) is 0.448. The topological polar surface area (TPSA) is 78.5 Å². The number of rotatable bonds is 10. The summed E-state index contributed by atoms with van der Waals surface area (Å²) in [6, 6.07) is 21.1. The van der Waals surface area contributed by atoms with Crippen LogP contribution in [0.25, 0.3) is 0 Å². The summed E-state index contributed by atoms with van der Waals surface area (Å²) in [4.78, 5) is 14.6. The first-order valence-corrected chi connectivity index (χ1v) is 11.8. The average Bonchev–Trinajstić information content (AvgIpc) is 2.81. The van der Waals surface area contributed by atoms with Gasteiger partial charge < -0.3 is 10.2 Å². The summed E-state index contributed by atoms with van der Waals surface area (Å²) in [5.74, 6) is -0.945. The number of hydrogen-bond acceptors (Lipinski definition) is 4. The number of sulfonamides is 1. The average molecular weight is 456 g/mol. The normalized spacial score (nSPS) is 11.1. The van der Waals surface area contributed by atoms with Gasteiger partial charge in [0.2, 0.25) is 0 Å². The molecule has 0 saturated heterocycles. The lowest BCUT2D eigenvalue weighted by atomic mass is 10.2. The molecule has 0 bridgehead atoms. The van der Waals surface area contributed by atoms with Crippen molar-refractivity contribution in [1.82, 2.24) is 5.32 Å². The Hall–Kier alpha value is -3.39. The maximum atomic E-state index is 13.7. The Kier molecular flexibility index (Phi) is 7.83. The number of carbonyl (C=O) groups is 1. The van der Waals surface area contributed by atoms with Gasteiger partial charge in [0.05, 0.1) is 10.6 Å². The number of halogens is 1. The van der Waals surface area contributed by atoms with Crippen LogP contribution in [0, 0.1) is 5.82 Å². The van der Waals surface area contributed by atoms with Crippen molar-refractivity contribution in [3.63, 3.8) is 0 Å². The van der Waals surface area contributed by atoms with Gasteiger partial charge in [0.1, 0.15) is 5.82 Å². The maximum absolute atomic E-state index is 13.7. The number of anilines is 2. The van der Waals surface area contributed by atoms with E-state index in [2.05, 4.69) is 34.0 Å². The predicted molar refractivity (Wildman–Crippen MR) is 125 cm³/mol. The van der Waals surface area contributed by atoms with Crippen LogP contribution in [0.5, 0.6) is 0 Å². The molecule has 168 valence electrons. The number of amides is 1. The molecule has 6 nitrogen and oxygen atoms in total. The van der Waals surface area contributed by atoms with Crippen molar-refractivity contribution in [3.05, 3.63) is 90.2 Å². The van der Waals surface area contributed by atoms with Crippen molar-refractivity contribution < 1.29 is 17.6 Å². The van der Waals surface area contributed by atoms with Crippen LogP contribution in [0.15, 0.2) is 83.8 Å². The van der Waals surface area contributed by atoms with Crippen LogP contribution in [-0.4, -0.2) is 34.0 Å². The van der Waals surface area contributed by atoms with Crippen molar-refractivity contribution in [3.8, 4) is 0 Å². The first kappa shape index (κ1) is 23.3. The zero-order valence-electron chi connectivity index (χ0n) is 17.8. The van der Waals surface area contributed by atoms with E-state index in [9.17, 15) is 17.6 Å². The van der Waals surface area contributed by atoms with Crippen molar-refractivity contribution >= 4 is 27.3 Å². The lowest BCUT2D eigenvalue weighted by Gasteiger charge is -2.23. The van der Waals surface area contributed by atoms with Gasteiger partial charge in [-0.3, -0.25) is 9.52 Å². The van der Waals surface area contributed by atoms with Crippen molar-refractivity contribution in [2.45, 2.75) is 18.2 Å². The Bertz CT molecular complexity index is 1140. The van der Waals surface area contributed by atoms with Gasteiger partial charge in [-0.15, -0.1) is 0 Å². The fourth-order valence-corrected chi connectivity index (χ4v) is 4.28. The van der Waals surface area contributed by atoms with Crippen LogP contribution in [0.1, 0.15) is 23.7 Å². The number of carbonyl (C=O) groups excluding carboxylic acids is 1. The zero-order chi connectivity index (χ0) is 23.0. The molecular weight excluding hydrogens is 429 g/mol. The number of nitrogens with one attached hydrogen (secondary N) is 2. The lowest BCUT2D eigenvalue weighted by molar-refractivity contribution is 0.0953. The standard InChI is InChI=1S/C24H26FN3O3S/c1-2-28(20-9-4-3-5-10-20)18-8-17-26-24(29)19-13-15-21(16-14-19)32(30,31)27-23-12-7-6-11-22(23)25/h3-7,9-16,27H,2,8,17-18H2,1H3,(H,26,29). The molecule has 0 radical (unpaired) electrons. The first-order valence-electron chi connectivity index (χ1n) is 10.4. The second kappa shape index (κ2) is 10.8. The zero-order valence-corrected chi connectivity index (χ0v) is 18.6. The summed E-state index contributed by atoms with van der Waals surface area (Å²) < 4.78 is 40.9. The van der Waals surface area contributed by atoms with Crippen LogP contribution < -0.4 is 14.9 Å². The van der Waals surface area contributed by atoms with Gasteiger partial charge in [0.15, 0.2) is 0 Å². The number of hydrogen-bond donors (Lipinski definition) is 2. The van der Waals surface area contributed by atoms with Gasteiger partial charge in [-0.25, -0.2) is 12.8 Å². The molecule has 0 fully saturated rings. The molecule has 0 heterocycles. The van der Waals surface area contributed by atoms with Gasteiger partial charge >= 0.3 is 0 Å². The molecule has 32 heavy (non-hydrogen) atoms. The Morgan fingerprint density at radius 3 is 2.25 bits per heavy atom. The fraction of sp³-hybridized carbons (Fsp3) is 0.208. The summed E-state index contributed by atoms with van der Waals surface area (Å²) >= 11 is 0. The molecule has 3 aromatic carbocycles. The van der Waals surface area contributed by atoms with E-state index in [0.29, 0.717) is 12.1 Å². The minimum absolute atomic E-state index is 0.0567. The Labute approximate surface area is 188 Å². The molecule has 0 aliphatic rings. The third-order valence-electron chi connectivity index (χ3n) is 4.94. The van der Waals surface area contributed by atoms with E-state index in [1.54, 1.807) is 0 Å². The highest BCUT2D eigenvalue weighted by atomic mass is 32.2. The second-order valence-corrected chi connectivity index (χ2v) is 8.82. The van der Waals surface area contributed by atoms with Gasteiger partial charge in [-0.1, -0.05) is 30.3 Å². The third kappa shape index (κ3) is 6.07. The molecule has 0 unspecified atom stereocenters. The van der Waals surface area contributed by atoms with Gasteiger partial charge in [-0.2, -0.15) is 0 Å². The highest BCUT2D eigenvalue weighted by molar-refractivity contribution is 7.92. The van der Waals surface area contributed by atoms with Gasteiger partial charge in [0, 0.05) is 30.9 Å². The largest absolute Gasteiger partial charge is 0.372 e. The SMILES string of the molecule is CCN(CCCNC(=O)c1ccc(S(=O)(=O)Nc2ccccc2F)cc1)c1ccccc1. The Morgan fingerprint density at radius 2 is 1.59 bits per heavy atom. The van der Waals surface area contributed by atoms with Crippen molar-refractivity contribution in [2.75, 3.05) is 29.3 Å². The van der Waals surface area contributed by atoms with Gasteiger partial charge in [-0.05, 0) is 61.9 Å². The lowest BCUT2D eigenvalue weighted by Crippen LogP contribution is -2.30. The van der Waals surface area contributed by atoms with E-state index in [4.69, 9.17) is 0 Å². The summed E-state index contributed by atoms with van der Waals surface area (Å²) in [6.45, 7) is 4.26. The van der Waals surface area contributed by atoms with Crippen LogP contribution in [0.3, 0.4) is 0 Å². The molecule has 0 spiro atoms. The summed E-state index contributed by atoms with van der Waals surface area (Å²) in [6.07, 6.45) is 0.771. The second-order valence-electron chi connectivity index (χ2n) is 7.13. The molecule has 0 aliphatic heterocycles. The molecular formula is C24H26FN3O3S. The Balaban J connectivity index is 1.53. The third-order valence-corrected chi connectivity index (χ3v) is 6.32. The monoisotopic (exact) mass is 455 g/mol. The molecule has 0 atom stereocenters. The van der Waals surface area contributed by atoms with Crippen LogP contribution in [0.2, 0.25) is 0 Å². The maximum Gasteiger partial charge on any atom is 0.261 e. The van der Waals surface area contributed by atoms with E-state index in [-0.39, 0.29) is 16.5 Å². The fourth-order valence-electron chi connectivity index (χ4n) is 3.22. The minimum Gasteiger partial charge on any atom is -0.372 e. The van der Waals surface area contributed by atoms with E-state index < -0.39 is 15.8 Å².